The molecule has 0 unspecified atom stereocenters. The molecular weight excluding hydrogens is 450 g/mol. The number of aliphatic carboxylic acids is 1. The van der Waals surface area contributed by atoms with Gasteiger partial charge in [-0.3, -0.25) is 4.79 Å². The van der Waals surface area contributed by atoms with Crippen LogP contribution in [-0.4, -0.2) is 40.7 Å². The molecule has 36 heavy (non-hydrogen) atoms. The Kier molecular flexibility index (Phi) is 10.3. The Morgan fingerprint density at radius 3 is 2.44 bits per heavy atom. The van der Waals surface area contributed by atoms with Crippen LogP contribution in [0, 0.1) is 6.92 Å². The lowest BCUT2D eigenvalue weighted by Crippen LogP contribution is -2.28. The van der Waals surface area contributed by atoms with Crippen molar-refractivity contribution in [2.24, 2.45) is 0 Å². The van der Waals surface area contributed by atoms with Gasteiger partial charge in [-0.05, 0) is 67.9 Å². The highest BCUT2D eigenvalue weighted by molar-refractivity contribution is 5.67. The molecule has 0 aliphatic rings. The molecule has 3 rings (SSSR count). The summed E-state index contributed by atoms with van der Waals surface area (Å²) in [7, 11) is 0. The molecule has 192 valence electrons. The van der Waals surface area contributed by atoms with Gasteiger partial charge in [0.2, 0.25) is 0 Å². The van der Waals surface area contributed by atoms with Gasteiger partial charge in [-0.15, -0.1) is 0 Å². The van der Waals surface area contributed by atoms with E-state index in [1.165, 1.54) is 5.56 Å². The van der Waals surface area contributed by atoms with Gasteiger partial charge in [-0.1, -0.05) is 51.1 Å². The second kappa shape index (κ2) is 13.6. The van der Waals surface area contributed by atoms with Crippen LogP contribution in [0.4, 0.5) is 5.82 Å². The Labute approximate surface area is 215 Å². The first kappa shape index (κ1) is 27.2. The third kappa shape index (κ3) is 7.54. The molecule has 0 atom stereocenters. The zero-order valence-electron chi connectivity index (χ0n) is 22.1. The molecule has 0 bridgehead atoms. The van der Waals surface area contributed by atoms with E-state index in [1.54, 1.807) is 0 Å². The van der Waals surface area contributed by atoms with Crippen molar-refractivity contribution in [3.63, 3.8) is 0 Å². The summed E-state index contributed by atoms with van der Waals surface area (Å²) >= 11 is 0. The maximum atomic E-state index is 10.9. The molecule has 0 radical (unpaired) electrons. The number of aryl methyl sites for hydroxylation is 4. The summed E-state index contributed by atoms with van der Waals surface area (Å²) in [6, 6.07) is 14.5. The van der Waals surface area contributed by atoms with Crippen LogP contribution < -0.4 is 9.64 Å². The molecule has 0 fully saturated rings. The van der Waals surface area contributed by atoms with E-state index in [0.717, 1.165) is 78.4 Å². The van der Waals surface area contributed by atoms with E-state index in [4.69, 9.17) is 14.8 Å². The van der Waals surface area contributed by atoms with Crippen LogP contribution in [-0.2, 0) is 24.1 Å². The van der Waals surface area contributed by atoms with Crippen molar-refractivity contribution in [3.8, 4) is 17.1 Å². The van der Waals surface area contributed by atoms with E-state index in [0.29, 0.717) is 13.0 Å². The monoisotopic (exact) mass is 489 g/mol. The minimum Gasteiger partial charge on any atom is -0.494 e. The molecule has 0 saturated heterocycles. The minimum absolute atomic E-state index is 0.148. The van der Waals surface area contributed by atoms with Gasteiger partial charge < -0.3 is 14.7 Å². The van der Waals surface area contributed by atoms with E-state index < -0.39 is 5.97 Å². The molecule has 6 nitrogen and oxygen atoms in total. The first-order valence-electron chi connectivity index (χ1n) is 13.1. The Balaban J connectivity index is 1.63. The third-order valence-electron chi connectivity index (χ3n) is 6.37. The fourth-order valence-corrected chi connectivity index (χ4v) is 4.33. The molecule has 0 amide bonds. The van der Waals surface area contributed by atoms with Crippen LogP contribution >= 0.6 is 0 Å². The highest BCUT2D eigenvalue weighted by Crippen LogP contribution is 2.24. The highest BCUT2D eigenvalue weighted by Gasteiger charge is 2.13. The van der Waals surface area contributed by atoms with Gasteiger partial charge in [0.1, 0.15) is 11.6 Å². The van der Waals surface area contributed by atoms with Crippen LogP contribution in [0.3, 0.4) is 0 Å². The first-order valence-corrected chi connectivity index (χ1v) is 13.1. The lowest BCUT2D eigenvalue weighted by Gasteiger charge is -2.25. The predicted octanol–water partition coefficient (Wildman–Crippen LogP) is 6.28. The smallest absolute Gasteiger partial charge is 0.303 e. The maximum Gasteiger partial charge on any atom is 0.303 e. The summed E-state index contributed by atoms with van der Waals surface area (Å²) in [6.45, 7) is 10.9. The third-order valence-corrected chi connectivity index (χ3v) is 6.37. The Morgan fingerprint density at radius 2 is 1.78 bits per heavy atom. The van der Waals surface area contributed by atoms with Gasteiger partial charge in [0.15, 0.2) is 5.82 Å². The standard InChI is InChI=1S/C30H39N3O3/c1-5-17-33(30-22(4)21-31-29(32-30)26-11-9-23(6-2)10-12-26)18-8-19-36-27-15-13-25(14-16-28(34)35)24(7-3)20-27/h9-13,15,20-21H,5-8,14,16-19H2,1-4H3,(H,34,35). The van der Waals surface area contributed by atoms with Crippen molar-refractivity contribution in [3.05, 3.63) is 70.9 Å². The topological polar surface area (TPSA) is 75.5 Å². The summed E-state index contributed by atoms with van der Waals surface area (Å²) in [5.41, 5.74) is 5.65. The maximum absolute atomic E-state index is 10.9. The first-order chi connectivity index (χ1) is 17.4. The summed E-state index contributed by atoms with van der Waals surface area (Å²) in [4.78, 5) is 22.8. The fourth-order valence-electron chi connectivity index (χ4n) is 4.33. The van der Waals surface area contributed by atoms with Gasteiger partial charge >= 0.3 is 5.97 Å². The van der Waals surface area contributed by atoms with Crippen molar-refractivity contribution in [2.45, 2.75) is 66.2 Å². The number of aromatic nitrogens is 2. The zero-order valence-corrected chi connectivity index (χ0v) is 22.1. The lowest BCUT2D eigenvalue weighted by atomic mass is 10.0. The summed E-state index contributed by atoms with van der Waals surface area (Å²) in [5.74, 6) is 1.81. The molecule has 0 saturated carbocycles. The molecule has 0 aliphatic heterocycles. The van der Waals surface area contributed by atoms with Gasteiger partial charge in [0.05, 0.1) is 6.61 Å². The molecule has 0 spiro atoms. The highest BCUT2D eigenvalue weighted by atomic mass is 16.5. The predicted molar refractivity (Wildman–Crippen MR) is 146 cm³/mol. The lowest BCUT2D eigenvalue weighted by molar-refractivity contribution is -0.136. The van der Waals surface area contributed by atoms with Gasteiger partial charge in [0.25, 0.3) is 0 Å². The van der Waals surface area contributed by atoms with E-state index in [-0.39, 0.29) is 6.42 Å². The molecule has 1 aromatic heterocycles. The van der Waals surface area contributed by atoms with Crippen LogP contribution in [0.25, 0.3) is 11.4 Å². The van der Waals surface area contributed by atoms with E-state index in [1.807, 2.05) is 24.4 Å². The summed E-state index contributed by atoms with van der Waals surface area (Å²) in [5, 5.41) is 8.97. The fraction of sp³-hybridized carbons (Fsp3) is 0.433. The van der Waals surface area contributed by atoms with E-state index >= 15 is 0 Å². The molecule has 2 aromatic carbocycles. The number of carboxylic acid groups (broad SMARTS) is 1. The van der Waals surface area contributed by atoms with Crippen LogP contribution in [0.15, 0.2) is 48.7 Å². The van der Waals surface area contributed by atoms with E-state index in [2.05, 4.69) is 61.8 Å². The Hall–Kier alpha value is -3.41. The minimum atomic E-state index is -0.769. The number of hydrogen-bond acceptors (Lipinski definition) is 5. The SMILES string of the molecule is CCCN(CCCOc1ccc(CCC(=O)O)c(CC)c1)c1nc(-c2ccc(CC)cc2)ncc1C. The number of benzene rings is 2. The van der Waals surface area contributed by atoms with Crippen molar-refractivity contribution in [2.75, 3.05) is 24.6 Å². The van der Waals surface area contributed by atoms with Crippen LogP contribution in [0.1, 0.15) is 62.3 Å². The average molecular weight is 490 g/mol. The number of carbonyl (C=O) groups is 1. The van der Waals surface area contributed by atoms with Crippen LogP contribution in [0.5, 0.6) is 5.75 Å². The summed E-state index contributed by atoms with van der Waals surface area (Å²) < 4.78 is 6.06. The molecule has 6 heteroatoms. The number of hydrogen-bond donors (Lipinski definition) is 1. The Bertz CT molecular complexity index is 1130. The number of anilines is 1. The molecule has 1 heterocycles. The normalized spacial score (nSPS) is 10.9. The van der Waals surface area contributed by atoms with Crippen molar-refractivity contribution >= 4 is 11.8 Å². The van der Waals surface area contributed by atoms with Crippen molar-refractivity contribution in [1.29, 1.82) is 0 Å². The molecular formula is C30H39N3O3. The number of ether oxygens (including phenoxy) is 1. The number of carboxylic acids is 1. The van der Waals surface area contributed by atoms with Crippen molar-refractivity contribution in [1.82, 2.24) is 9.97 Å². The molecule has 1 N–H and O–H groups in total. The largest absolute Gasteiger partial charge is 0.494 e. The molecule has 3 aromatic rings. The second-order valence-electron chi connectivity index (χ2n) is 9.12. The van der Waals surface area contributed by atoms with Crippen molar-refractivity contribution < 1.29 is 14.6 Å². The van der Waals surface area contributed by atoms with Crippen LogP contribution in [0.2, 0.25) is 0 Å². The molecule has 0 aliphatic carbocycles. The number of rotatable bonds is 14. The van der Waals surface area contributed by atoms with E-state index in [9.17, 15) is 4.79 Å². The summed E-state index contributed by atoms with van der Waals surface area (Å²) in [6.07, 6.45) is 6.38. The second-order valence-corrected chi connectivity index (χ2v) is 9.12. The van der Waals surface area contributed by atoms with Gasteiger partial charge in [-0.25, -0.2) is 9.97 Å². The quantitative estimate of drug-likeness (QED) is 0.269. The van der Waals surface area contributed by atoms with Gasteiger partial charge in [0, 0.05) is 36.8 Å². The zero-order chi connectivity index (χ0) is 25.9. The average Bonchev–Trinajstić information content (AvgIpc) is 2.90. The number of nitrogens with zero attached hydrogens (tertiary/aromatic N) is 3. The Morgan fingerprint density at radius 1 is 1.00 bits per heavy atom. The van der Waals surface area contributed by atoms with Gasteiger partial charge in [-0.2, -0.15) is 0 Å².